The first kappa shape index (κ1) is 27.1. The highest BCUT2D eigenvalue weighted by Crippen LogP contribution is 2.36. The van der Waals surface area contributed by atoms with Gasteiger partial charge in [0.15, 0.2) is 0 Å². The zero-order valence-corrected chi connectivity index (χ0v) is 24.6. The normalized spacial score (nSPS) is 11.6. The summed E-state index contributed by atoms with van der Waals surface area (Å²) in [5.74, 6) is 0. The van der Waals surface area contributed by atoms with Gasteiger partial charge in [-0.25, -0.2) is 0 Å². The summed E-state index contributed by atoms with van der Waals surface area (Å²) in [5.41, 5.74) is 0. The van der Waals surface area contributed by atoms with E-state index in [-0.39, 0.29) is 0 Å². The van der Waals surface area contributed by atoms with Gasteiger partial charge in [0, 0.05) is 19.2 Å². The maximum atomic E-state index is 2.44. The fourth-order valence-corrected chi connectivity index (χ4v) is 7.33. The Labute approximate surface area is 226 Å². The van der Waals surface area contributed by atoms with Crippen LogP contribution in [0.3, 0.4) is 0 Å². The van der Waals surface area contributed by atoms with Crippen LogP contribution in [0.15, 0.2) is 48.5 Å². The maximum Gasteiger partial charge on any atom is 0.0352 e. The zero-order valence-electron chi connectivity index (χ0n) is 22.9. The molecule has 2 aromatic heterocycles. The molecule has 0 saturated carbocycles. The lowest BCUT2D eigenvalue weighted by molar-refractivity contribution is 0.634. The molecule has 0 aliphatic carbocycles. The molecule has 0 aliphatic heterocycles. The zero-order chi connectivity index (χ0) is 25.3. The first-order chi connectivity index (χ1) is 17.6. The Balaban J connectivity index is 0.000000967. The SMILES string of the molecule is CCC.CCCCCCCc1cc2cc3cc4cc5sc(CCCCCC)cc5cc4cc3cc2s1. The van der Waals surface area contributed by atoms with E-state index in [1.54, 1.807) is 9.75 Å². The van der Waals surface area contributed by atoms with Crippen LogP contribution in [0.2, 0.25) is 0 Å². The van der Waals surface area contributed by atoms with Gasteiger partial charge in [0.2, 0.25) is 0 Å². The number of hydrogen-bond donors (Lipinski definition) is 0. The molecule has 0 spiro atoms. The lowest BCUT2D eigenvalue weighted by Crippen LogP contribution is -1.81. The second kappa shape index (κ2) is 13.6. The molecule has 2 heteroatoms. The van der Waals surface area contributed by atoms with Crippen LogP contribution in [-0.4, -0.2) is 0 Å². The van der Waals surface area contributed by atoms with Gasteiger partial charge in [0.25, 0.3) is 0 Å². The number of rotatable bonds is 11. The van der Waals surface area contributed by atoms with Gasteiger partial charge in [-0.05, 0) is 107 Å². The summed E-state index contributed by atoms with van der Waals surface area (Å²) >= 11 is 4.00. The van der Waals surface area contributed by atoms with Crippen molar-refractivity contribution in [1.29, 1.82) is 0 Å². The molecule has 0 atom stereocenters. The van der Waals surface area contributed by atoms with Gasteiger partial charge in [-0.15, -0.1) is 22.7 Å². The highest BCUT2D eigenvalue weighted by atomic mass is 32.1. The molecule has 0 aliphatic rings. The van der Waals surface area contributed by atoms with Crippen molar-refractivity contribution < 1.29 is 0 Å². The van der Waals surface area contributed by atoms with Gasteiger partial charge in [0.1, 0.15) is 0 Å². The van der Waals surface area contributed by atoms with Crippen LogP contribution in [0.4, 0.5) is 0 Å². The van der Waals surface area contributed by atoms with Crippen LogP contribution in [0.5, 0.6) is 0 Å². The number of benzene rings is 3. The summed E-state index contributed by atoms with van der Waals surface area (Å²) in [5, 5.41) is 8.33. The molecule has 0 N–H and O–H groups in total. The van der Waals surface area contributed by atoms with Crippen LogP contribution in [-0.2, 0) is 12.8 Å². The minimum Gasteiger partial charge on any atom is -0.140 e. The summed E-state index contributed by atoms with van der Waals surface area (Å²) in [6, 6.07) is 19.4. The van der Waals surface area contributed by atoms with Crippen molar-refractivity contribution in [2.45, 2.75) is 105 Å². The average Bonchev–Trinajstić information content (AvgIpc) is 3.45. The van der Waals surface area contributed by atoms with Crippen molar-refractivity contribution in [2.24, 2.45) is 0 Å². The Morgan fingerprint density at radius 3 is 1.22 bits per heavy atom. The summed E-state index contributed by atoms with van der Waals surface area (Å²) in [7, 11) is 0. The first-order valence-electron chi connectivity index (χ1n) is 14.5. The monoisotopic (exact) mass is 516 g/mol. The summed E-state index contributed by atoms with van der Waals surface area (Å²) in [4.78, 5) is 3.09. The third-order valence-corrected chi connectivity index (χ3v) is 9.29. The predicted molar refractivity (Wildman–Crippen MR) is 168 cm³/mol. The second-order valence-electron chi connectivity index (χ2n) is 10.4. The predicted octanol–water partition coefficient (Wildman–Crippen LogP) is 12.5. The molecule has 2 heterocycles. The van der Waals surface area contributed by atoms with Crippen LogP contribution in [0.25, 0.3) is 41.7 Å². The van der Waals surface area contributed by atoms with E-state index in [2.05, 4.69) is 76.2 Å². The van der Waals surface area contributed by atoms with Gasteiger partial charge < -0.3 is 0 Å². The van der Waals surface area contributed by atoms with E-state index < -0.39 is 0 Å². The van der Waals surface area contributed by atoms with Crippen LogP contribution >= 0.6 is 22.7 Å². The summed E-state index contributed by atoms with van der Waals surface area (Å²) in [6.07, 6.45) is 15.8. The van der Waals surface area contributed by atoms with E-state index in [4.69, 9.17) is 0 Å². The van der Waals surface area contributed by atoms with E-state index in [0.29, 0.717) is 0 Å². The molecule has 0 bridgehead atoms. The van der Waals surface area contributed by atoms with Crippen molar-refractivity contribution in [1.82, 2.24) is 0 Å². The smallest absolute Gasteiger partial charge is 0.0352 e. The first-order valence-corrected chi connectivity index (χ1v) is 16.1. The van der Waals surface area contributed by atoms with Gasteiger partial charge in [-0.2, -0.15) is 0 Å². The van der Waals surface area contributed by atoms with Crippen LogP contribution in [0, 0.1) is 0 Å². The number of thiophene rings is 2. The highest BCUT2D eigenvalue weighted by Gasteiger charge is 2.08. The molecule has 3 aromatic carbocycles. The molecule has 0 nitrogen and oxygen atoms in total. The number of fused-ring (bicyclic) bond motifs is 4. The fourth-order valence-electron chi connectivity index (χ4n) is 5.06. The molecule has 5 rings (SSSR count). The molecule has 0 fully saturated rings. The van der Waals surface area contributed by atoms with Gasteiger partial charge in [0.05, 0.1) is 0 Å². The number of hydrogen-bond acceptors (Lipinski definition) is 2. The molecule has 0 saturated heterocycles. The standard InChI is InChI=1S/C31H36S2.C3H8/c1-3-5-7-9-11-13-29-19-27-17-23-15-24-20-30-26(18-28(32-30)12-10-8-6-4-2)16-22(24)14-25(23)21-31(27)33-29;1-3-2/h14-21H,3-13H2,1-2H3;3H2,1-2H3. The number of unbranched alkanes of at least 4 members (excludes halogenated alkanes) is 7. The molecular formula is C34H44S2. The molecular weight excluding hydrogens is 473 g/mol. The van der Waals surface area contributed by atoms with E-state index in [1.165, 1.54) is 119 Å². The Kier molecular flexibility index (Phi) is 10.2. The fraction of sp³-hybridized carbons (Fsp3) is 0.471. The highest BCUT2D eigenvalue weighted by molar-refractivity contribution is 7.19. The van der Waals surface area contributed by atoms with E-state index in [9.17, 15) is 0 Å². The van der Waals surface area contributed by atoms with Crippen molar-refractivity contribution >= 4 is 64.4 Å². The molecule has 0 radical (unpaired) electrons. The molecule has 5 aromatic rings. The van der Waals surface area contributed by atoms with Crippen LogP contribution in [0.1, 0.15) is 102 Å². The van der Waals surface area contributed by atoms with E-state index >= 15 is 0 Å². The Bertz CT molecular complexity index is 1290. The van der Waals surface area contributed by atoms with E-state index in [0.717, 1.165) is 0 Å². The van der Waals surface area contributed by atoms with Gasteiger partial charge >= 0.3 is 0 Å². The van der Waals surface area contributed by atoms with Crippen LogP contribution < -0.4 is 0 Å². The maximum absolute atomic E-state index is 2.44. The Morgan fingerprint density at radius 1 is 0.417 bits per heavy atom. The van der Waals surface area contributed by atoms with Gasteiger partial charge in [-0.1, -0.05) is 79.1 Å². The van der Waals surface area contributed by atoms with Crippen molar-refractivity contribution in [3.8, 4) is 0 Å². The van der Waals surface area contributed by atoms with Crippen molar-refractivity contribution in [3.05, 3.63) is 58.3 Å². The quantitative estimate of drug-likeness (QED) is 0.121. The molecule has 36 heavy (non-hydrogen) atoms. The Hall–Kier alpha value is -1.90. The second-order valence-corrected chi connectivity index (χ2v) is 12.8. The minimum absolute atomic E-state index is 1.23. The lowest BCUT2D eigenvalue weighted by Gasteiger charge is -2.04. The van der Waals surface area contributed by atoms with Crippen molar-refractivity contribution in [2.75, 3.05) is 0 Å². The number of aryl methyl sites for hydroxylation is 2. The summed E-state index contributed by atoms with van der Waals surface area (Å²) < 4.78 is 2.88. The largest absolute Gasteiger partial charge is 0.140 e. The molecule has 192 valence electrons. The summed E-state index contributed by atoms with van der Waals surface area (Å²) in [6.45, 7) is 8.82. The third-order valence-electron chi connectivity index (χ3n) is 6.97. The average molecular weight is 517 g/mol. The minimum atomic E-state index is 1.23. The Morgan fingerprint density at radius 2 is 0.778 bits per heavy atom. The lowest BCUT2D eigenvalue weighted by atomic mass is 10.0. The molecule has 0 unspecified atom stereocenters. The van der Waals surface area contributed by atoms with Crippen molar-refractivity contribution in [3.63, 3.8) is 0 Å². The van der Waals surface area contributed by atoms with Gasteiger partial charge in [-0.3, -0.25) is 0 Å². The van der Waals surface area contributed by atoms with E-state index in [1.807, 2.05) is 22.7 Å². The topological polar surface area (TPSA) is 0 Å². The third kappa shape index (κ3) is 6.90. The molecule has 0 amide bonds.